The molecule has 2 aromatic carbocycles. The first-order valence-corrected chi connectivity index (χ1v) is 9.55. The third kappa shape index (κ3) is 3.63. The standard InChI is InChI=1S/C18H17FN2O5S/c1-26-16-5-3-2-4-14(16)20-18(23)15-10-11-17(22)21(15)27(24,25)13-8-6-12(19)7-9-13/h2-9,15H,10-11H2,1H3,(H,20,23). The van der Waals surface area contributed by atoms with Gasteiger partial charge in [0.1, 0.15) is 17.6 Å². The summed E-state index contributed by atoms with van der Waals surface area (Å²) in [4.78, 5) is 24.7. The van der Waals surface area contributed by atoms with E-state index in [1.807, 2.05) is 0 Å². The van der Waals surface area contributed by atoms with Crippen molar-refractivity contribution in [2.75, 3.05) is 12.4 Å². The summed E-state index contributed by atoms with van der Waals surface area (Å²) in [5.41, 5.74) is 0.364. The Kier molecular flexibility index (Phi) is 5.13. The minimum Gasteiger partial charge on any atom is -0.495 e. The van der Waals surface area contributed by atoms with Crippen molar-refractivity contribution in [2.45, 2.75) is 23.8 Å². The van der Waals surface area contributed by atoms with Crippen LogP contribution in [0.1, 0.15) is 12.8 Å². The van der Waals surface area contributed by atoms with E-state index in [4.69, 9.17) is 4.74 Å². The highest BCUT2D eigenvalue weighted by molar-refractivity contribution is 7.89. The number of para-hydroxylation sites is 2. The average molecular weight is 392 g/mol. The van der Waals surface area contributed by atoms with E-state index < -0.39 is 33.7 Å². The van der Waals surface area contributed by atoms with E-state index in [9.17, 15) is 22.4 Å². The molecule has 0 bridgehead atoms. The number of nitrogens with zero attached hydrogens (tertiary/aromatic N) is 1. The number of hydrogen-bond acceptors (Lipinski definition) is 5. The van der Waals surface area contributed by atoms with E-state index in [0.717, 1.165) is 24.3 Å². The maximum Gasteiger partial charge on any atom is 0.267 e. The summed E-state index contributed by atoms with van der Waals surface area (Å²) in [5.74, 6) is -1.52. The maximum atomic E-state index is 13.1. The second-order valence-corrected chi connectivity index (χ2v) is 7.71. The van der Waals surface area contributed by atoms with Gasteiger partial charge in [0.2, 0.25) is 11.8 Å². The fourth-order valence-corrected chi connectivity index (χ4v) is 4.49. The second kappa shape index (κ2) is 7.36. The van der Waals surface area contributed by atoms with Crippen molar-refractivity contribution in [2.24, 2.45) is 0 Å². The molecule has 3 rings (SSSR count). The first-order chi connectivity index (χ1) is 12.8. The molecule has 1 saturated heterocycles. The van der Waals surface area contributed by atoms with Gasteiger partial charge in [-0.15, -0.1) is 0 Å². The number of benzene rings is 2. The van der Waals surface area contributed by atoms with E-state index in [2.05, 4.69) is 5.32 Å². The molecular weight excluding hydrogens is 375 g/mol. The summed E-state index contributed by atoms with van der Waals surface area (Å²) in [6.45, 7) is 0. The van der Waals surface area contributed by atoms with E-state index in [1.54, 1.807) is 24.3 Å². The smallest absolute Gasteiger partial charge is 0.267 e. The topological polar surface area (TPSA) is 92.8 Å². The van der Waals surface area contributed by atoms with Crippen LogP contribution in [-0.2, 0) is 19.6 Å². The number of amides is 2. The Labute approximate surface area is 155 Å². The molecule has 1 N–H and O–H groups in total. The Morgan fingerprint density at radius 3 is 2.52 bits per heavy atom. The first-order valence-electron chi connectivity index (χ1n) is 8.11. The third-order valence-corrected chi connectivity index (χ3v) is 6.04. The second-order valence-electron chi connectivity index (χ2n) is 5.89. The summed E-state index contributed by atoms with van der Waals surface area (Å²) in [6.07, 6.45) is -0.0231. The Balaban J connectivity index is 1.89. The van der Waals surface area contributed by atoms with Crippen LogP contribution in [0.4, 0.5) is 10.1 Å². The van der Waals surface area contributed by atoms with Crippen LogP contribution in [0.3, 0.4) is 0 Å². The molecule has 27 heavy (non-hydrogen) atoms. The van der Waals surface area contributed by atoms with Crippen molar-refractivity contribution in [3.8, 4) is 5.75 Å². The molecule has 9 heteroatoms. The molecule has 2 amide bonds. The van der Waals surface area contributed by atoms with Crippen LogP contribution in [0.2, 0.25) is 0 Å². The van der Waals surface area contributed by atoms with Gasteiger partial charge in [0.25, 0.3) is 10.0 Å². The number of methoxy groups -OCH3 is 1. The lowest BCUT2D eigenvalue weighted by Gasteiger charge is -2.24. The Bertz CT molecular complexity index is 976. The fraction of sp³-hybridized carbons (Fsp3) is 0.222. The lowest BCUT2D eigenvalue weighted by molar-refractivity contribution is -0.128. The van der Waals surface area contributed by atoms with Gasteiger partial charge in [-0.2, -0.15) is 0 Å². The molecule has 1 heterocycles. The predicted molar refractivity (Wildman–Crippen MR) is 95.1 cm³/mol. The summed E-state index contributed by atoms with van der Waals surface area (Å²) in [7, 11) is -2.84. The number of carbonyl (C=O) groups excluding carboxylic acids is 2. The molecule has 7 nitrogen and oxygen atoms in total. The van der Waals surface area contributed by atoms with Gasteiger partial charge < -0.3 is 10.1 Å². The SMILES string of the molecule is COc1ccccc1NC(=O)C1CCC(=O)N1S(=O)(=O)c1ccc(F)cc1. The van der Waals surface area contributed by atoms with E-state index in [-0.39, 0.29) is 17.7 Å². The van der Waals surface area contributed by atoms with Crippen molar-refractivity contribution in [3.05, 3.63) is 54.3 Å². The summed E-state index contributed by atoms with van der Waals surface area (Å²) >= 11 is 0. The molecule has 1 aliphatic heterocycles. The normalized spacial score (nSPS) is 17.0. The van der Waals surface area contributed by atoms with Crippen molar-refractivity contribution in [1.29, 1.82) is 0 Å². The highest BCUT2D eigenvalue weighted by Gasteiger charge is 2.44. The molecule has 142 valence electrons. The number of nitrogens with one attached hydrogen (secondary N) is 1. The third-order valence-electron chi connectivity index (χ3n) is 4.20. The molecule has 2 aromatic rings. The Morgan fingerprint density at radius 2 is 1.85 bits per heavy atom. The zero-order valence-electron chi connectivity index (χ0n) is 14.4. The Morgan fingerprint density at radius 1 is 1.19 bits per heavy atom. The summed E-state index contributed by atoms with van der Waals surface area (Å²) < 4.78 is 44.5. The molecule has 0 saturated carbocycles. The van der Waals surface area contributed by atoms with Crippen LogP contribution in [0.15, 0.2) is 53.4 Å². The van der Waals surface area contributed by atoms with Crippen molar-refractivity contribution < 1.29 is 27.1 Å². The average Bonchev–Trinajstić information content (AvgIpc) is 3.05. The lowest BCUT2D eigenvalue weighted by atomic mass is 10.2. The highest BCUT2D eigenvalue weighted by atomic mass is 32.2. The highest BCUT2D eigenvalue weighted by Crippen LogP contribution is 2.30. The predicted octanol–water partition coefficient (Wildman–Crippen LogP) is 2.15. The van der Waals surface area contributed by atoms with Gasteiger partial charge >= 0.3 is 0 Å². The number of anilines is 1. The van der Waals surface area contributed by atoms with E-state index in [1.165, 1.54) is 7.11 Å². The zero-order valence-corrected chi connectivity index (χ0v) is 15.2. The largest absolute Gasteiger partial charge is 0.495 e. The zero-order chi connectivity index (χ0) is 19.6. The monoisotopic (exact) mass is 392 g/mol. The number of sulfonamides is 1. The minimum atomic E-state index is -4.28. The van der Waals surface area contributed by atoms with Gasteiger partial charge in [0.05, 0.1) is 17.7 Å². The van der Waals surface area contributed by atoms with Crippen molar-refractivity contribution in [3.63, 3.8) is 0 Å². The molecular formula is C18H17FN2O5S. The maximum absolute atomic E-state index is 13.1. The lowest BCUT2D eigenvalue weighted by Crippen LogP contribution is -2.45. The molecule has 0 spiro atoms. The number of halogens is 1. The molecule has 1 atom stereocenters. The van der Waals surface area contributed by atoms with Gasteiger partial charge in [-0.1, -0.05) is 12.1 Å². The van der Waals surface area contributed by atoms with Crippen LogP contribution >= 0.6 is 0 Å². The van der Waals surface area contributed by atoms with Crippen LogP contribution in [0.5, 0.6) is 5.75 Å². The molecule has 1 unspecified atom stereocenters. The van der Waals surface area contributed by atoms with Gasteiger partial charge in [-0.05, 0) is 42.8 Å². The molecule has 0 aliphatic carbocycles. The van der Waals surface area contributed by atoms with Crippen molar-refractivity contribution >= 4 is 27.5 Å². The van der Waals surface area contributed by atoms with Crippen LogP contribution in [0.25, 0.3) is 0 Å². The fourth-order valence-electron chi connectivity index (χ4n) is 2.88. The van der Waals surface area contributed by atoms with Gasteiger partial charge in [-0.25, -0.2) is 17.1 Å². The molecule has 0 aromatic heterocycles. The molecule has 1 fully saturated rings. The van der Waals surface area contributed by atoms with E-state index in [0.29, 0.717) is 15.7 Å². The van der Waals surface area contributed by atoms with E-state index >= 15 is 0 Å². The quantitative estimate of drug-likeness (QED) is 0.842. The van der Waals surface area contributed by atoms with Crippen molar-refractivity contribution in [1.82, 2.24) is 4.31 Å². The van der Waals surface area contributed by atoms with Gasteiger partial charge in [0, 0.05) is 6.42 Å². The number of hydrogen-bond donors (Lipinski definition) is 1. The number of ether oxygens (including phenoxy) is 1. The van der Waals surface area contributed by atoms with Crippen LogP contribution in [-0.4, -0.2) is 37.7 Å². The van der Waals surface area contributed by atoms with Gasteiger partial charge in [0.15, 0.2) is 0 Å². The number of rotatable bonds is 5. The minimum absolute atomic E-state index is 0.0558. The van der Waals surface area contributed by atoms with Crippen LogP contribution in [0, 0.1) is 5.82 Å². The summed E-state index contributed by atoms with van der Waals surface area (Å²) in [5, 5.41) is 2.60. The number of carbonyl (C=O) groups is 2. The Hall–Kier alpha value is -2.94. The molecule has 1 aliphatic rings. The molecule has 0 radical (unpaired) electrons. The first kappa shape index (κ1) is 18.8. The van der Waals surface area contributed by atoms with Crippen LogP contribution < -0.4 is 10.1 Å². The van der Waals surface area contributed by atoms with Gasteiger partial charge in [-0.3, -0.25) is 9.59 Å². The summed E-state index contributed by atoms with van der Waals surface area (Å²) in [6, 6.07) is 9.54.